The second-order valence-corrected chi connectivity index (χ2v) is 6.55. The summed E-state index contributed by atoms with van der Waals surface area (Å²) in [6.45, 7) is 9.35. The van der Waals surface area contributed by atoms with Crippen molar-refractivity contribution in [2.75, 3.05) is 18.8 Å². The molecule has 2 atom stereocenters. The Balaban J connectivity index is 3.92. The Labute approximate surface area is 107 Å². The van der Waals surface area contributed by atoms with Gasteiger partial charge in [-0.05, 0) is 18.8 Å². The SMILES string of the molecule is CCNS(=O)(=O)CCNC(CC)CC(C)CC. The van der Waals surface area contributed by atoms with Gasteiger partial charge in [0.2, 0.25) is 10.0 Å². The van der Waals surface area contributed by atoms with E-state index in [9.17, 15) is 8.42 Å². The molecule has 0 heterocycles. The molecule has 0 aliphatic heterocycles. The van der Waals surface area contributed by atoms with E-state index < -0.39 is 10.0 Å². The highest BCUT2D eigenvalue weighted by molar-refractivity contribution is 7.89. The summed E-state index contributed by atoms with van der Waals surface area (Å²) < 4.78 is 25.4. The topological polar surface area (TPSA) is 58.2 Å². The molecule has 0 aromatic heterocycles. The van der Waals surface area contributed by atoms with Gasteiger partial charge in [-0.15, -0.1) is 0 Å². The maximum atomic E-state index is 11.4. The molecule has 0 aromatic rings. The van der Waals surface area contributed by atoms with Crippen molar-refractivity contribution in [2.45, 2.75) is 53.0 Å². The van der Waals surface area contributed by atoms with Crippen LogP contribution in [-0.4, -0.2) is 33.3 Å². The Morgan fingerprint density at radius 3 is 2.24 bits per heavy atom. The van der Waals surface area contributed by atoms with Crippen LogP contribution in [0.5, 0.6) is 0 Å². The Morgan fingerprint density at radius 2 is 1.76 bits per heavy atom. The summed E-state index contributed by atoms with van der Waals surface area (Å²) >= 11 is 0. The molecule has 0 aromatic carbocycles. The second-order valence-electron chi connectivity index (χ2n) is 4.63. The fraction of sp³-hybridized carbons (Fsp3) is 1.00. The molecule has 0 fully saturated rings. The van der Waals surface area contributed by atoms with Gasteiger partial charge in [-0.2, -0.15) is 0 Å². The fourth-order valence-corrected chi connectivity index (χ4v) is 2.71. The highest BCUT2D eigenvalue weighted by Crippen LogP contribution is 2.11. The van der Waals surface area contributed by atoms with E-state index >= 15 is 0 Å². The minimum absolute atomic E-state index is 0.165. The minimum Gasteiger partial charge on any atom is -0.313 e. The van der Waals surface area contributed by atoms with Gasteiger partial charge in [0.05, 0.1) is 5.75 Å². The predicted molar refractivity (Wildman–Crippen MR) is 73.6 cm³/mol. The number of rotatable bonds is 10. The van der Waals surface area contributed by atoms with Crippen molar-refractivity contribution in [3.63, 3.8) is 0 Å². The summed E-state index contributed by atoms with van der Waals surface area (Å²) in [4.78, 5) is 0. The van der Waals surface area contributed by atoms with E-state index in [-0.39, 0.29) is 5.75 Å². The van der Waals surface area contributed by atoms with E-state index in [1.807, 2.05) is 0 Å². The molecule has 17 heavy (non-hydrogen) atoms. The predicted octanol–water partition coefficient (Wildman–Crippen LogP) is 1.73. The molecule has 5 heteroatoms. The minimum atomic E-state index is -3.08. The van der Waals surface area contributed by atoms with Gasteiger partial charge in [-0.25, -0.2) is 13.1 Å². The monoisotopic (exact) mass is 264 g/mol. The Morgan fingerprint density at radius 1 is 1.12 bits per heavy atom. The lowest BCUT2D eigenvalue weighted by Gasteiger charge is -2.20. The molecule has 2 N–H and O–H groups in total. The molecular weight excluding hydrogens is 236 g/mol. The molecule has 0 bridgehead atoms. The summed E-state index contributed by atoms with van der Waals surface area (Å²) in [5.74, 6) is 0.857. The Bertz CT molecular complexity index is 278. The third-order valence-corrected chi connectivity index (χ3v) is 4.51. The van der Waals surface area contributed by atoms with E-state index in [1.165, 1.54) is 6.42 Å². The smallest absolute Gasteiger partial charge is 0.212 e. The Kier molecular flexibility index (Phi) is 8.82. The van der Waals surface area contributed by atoms with Gasteiger partial charge in [0, 0.05) is 19.1 Å². The van der Waals surface area contributed by atoms with Crippen LogP contribution in [-0.2, 0) is 10.0 Å². The van der Waals surface area contributed by atoms with Crippen LogP contribution in [0, 0.1) is 5.92 Å². The van der Waals surface area contributed by atoms with Gasteiger partial charge in [0.1, 0.15) is 0 Å². The first-order chi connectivity index (χ1) is 7.95. The average Bonchev–Trinajstić information content (AvgIpc) is 2.27. The number of nitrogens with one attached hydrogen (secondary N) is 2. The molecule has 2 unspecified atom stereocenters. The highest BCUT2D eigenvalue weighted by atomic mass is 32.2. The van der Waals surface area contributed by atoms with Crippen molar-refractivity contribution in [3.8, 4) is 0 Å². The molecule has 0 saturated heterocycles. The van der Waals surface area contributed by atoms with Crippen molar-refractivity contribution in [1.82, 2.24) is 10.0 Å². The largest absolute Gasteiger partial charge is 0.313 e. The van der Waals surface area contributed by atoms with Crippen LogP contribution in [0.4, 0.5) is 0 Å². The van der Waals surface area contributed by atoms with Gasteiger partial charge in [0.25, 0.3) is 0 Å². The number of hydrogen-bond acceptors (Lipinski definition) is 3. The Hall–Kier alpha value is -0.130. The molecule has 4 nitrogen and oxygen atoms in total. The highest BCUT2D eigenvalue weighted by Gasteiger charge is 2.12. The lowest BCUT2D eigenvalue weighted by Crippen LogP contribution is -2.37. The van der Waals surface area contributed by atoms with Gasteiger partial charge < -0.3 is 5.32 Å². The summed E-state index contributed by atoms with van der Waals surface area (Å²) in [6.07, 6.45) is 3.34. The molecule has 0 radical (unpaired) electrons. The van der Waals surface area contributed by atoms with Gasteiger partial charge >= 0.3 is 0 Å². The first-order valence-electron chi connectivity index (χ1n) is 6.65. The zero-order valence-corrected chi connectivity index (χ0v) is 12.4. The molecule has 104 valence electrons. The second kappa shape index (κ2) is 8.89. The van der Waals surface area contributed by atoms with E-state index in [4.69, 9.17) is 0 Å². The summed E-state index contributed by atoms with van der Waals surface area (Å²) in [7, 11) is -3.08. The van der Waals surface area contributed by atoms with E-state index in [2.05, 4.69) is 30.8 Å². The molecule has 0 saturated carbocycles. The third-order valence-electron chi connectivity index (χ3n) is 3.04. The first kappa shape index (κ1) is 16.9. The van der Waals surface area contributed by atoms with Crippen molar-refractivity contribution in [3.05, 3.63) is 0 Å². The number of sulfonamides is 1. The zero-order valence-electron chi connectivity index (χ0n) is 11.6. The lowest BCUT2D eigenvalue weighted by atomic mass is 9.98. The average molecular weight is 264 g/mol. The van der Waals surface area contributed by atoms with Crippen LogP contribution in [0.25, 0.3) is 0 Å². The lowest BCUT2D eigenvalue weighted by molar-refractivity contribution is 0.391. The van der Waals surface area contributed by atoms with E-state index in [0.29, 0.717) is 25.0 Å². The summed E-state index contributed by atoms with van der Waals surface area (Å²) in [6, 6.07) is 0.432. The fourth-order valence-electron chi connectivity index (χ4n) is 1.74. The van der Waals surface area contributed by atoms with Crippen molar-refractivity contribution >= 4 is 10.0 Å². The van der Waals surface area contributed by atoms with Gasteiger partial charge in [-0.3, -0.25) is 0 Å². The third kappa shape index (κ3) is 8.57. The zero-order chi connectivity index (χ0) is 13.3. The standard InChI is InChI=1S/C12H28N2O2S/c1-5-11(4)10-12(6-2)13-8-9-17(15,16)14-7-3/h11-14H,5-10H2,1-4H3. The molecule has 0 aliphatic rings. The molecule has 0 spiro atoms. The molecule has 0 rings (SSSR count). The van der Waals surface area contributed by atoms with Crippen LogP contribution in [0.1, 0.15) is 47.0 Å². The van der Waals surface area contributed by atoms with Crippen LogP contribution < -0.4 is 10.0 Å². The van der Waals surface area contributed by atoms with Crippen LogP contribution in [0.3, 0.4) is 0 Å². The van der Waals surface area contributed by atoms with Crippen molar-refractivity contribution in [2.24, 2.45) is 5.92 Å². The maximum absolute atomic E-state index is 11.4. The number of hydrogen-bond donors (Lipinski definition) is 2. The molecule has 0 aliphatic carbocycles. The van der Waals surface area contributed by atoms with Crippen LogP contribution >= 0.6 is 0 Å². The summed E-state index contributed by atoms with van der Waals surface area (Å²) in [5, 5.41) is 3.33. The first-order valence-corrected chi connectivity index (χ1v) is 8.31. The quantitative estimate of drug-likeness (QED) is 0.632. The van der Waals surface area contributed by atoms with Crippen LogP contribution in [0.2, 0.25) is 0 Å². The van der Waals surface area contributed by atoms with E-state index in [0.717, 1.165) is 12.8 Å². The normalized spacial score (nSPS) is 15.8. The molecular formula is C12H28N2O2S. The van der Waals surface area contributed by atoms with Crippen LogP contribution in [0.15, 0.2) is 0 Å². The van der Waals surface area contributed by atoms with Gasteiger partial charge in [-0.1, -0.05) is 34.1 Å². The maximum Gasteiger partial charge on any atom is 0.212 e. The van der Waals surface area contributed by atoms with Crippen molar-refractivity contribution in [1.29, 1.82) is 0 Å². The van der Waals surface area contributed by atoms with Gasteiger partial charge in [0.15, 0.2) is 0 Å². The summed E-state index contributed by atoms with van der Waals surface area (Å²) in [5.41, 5.74) is 0. The van der Waals surface area contributed by atoms with E-state index in [1.54, 1.807) is 6.92 Å². The molecule has 0 amide bonds. The van der Waals surface area contributed by atoms with Crippen molar-refractivity contribution < 1.29 is 8.42 Å².